The lowest BCUT2D eigenvalue weighted by Gasteiger charge is -2.18. The summed E-state index contributed by atoms with van der Waals surface area (Å²) < 4.78 is 43.4. The van der Waals surface area contributed by atoms with Crippen molar-refractivity contribution in [1.82, 2.24) is 0 Å². The third-order valence-corrected chi connectivity index (χ3v) is 5.48. The van der Waals surface area contributed by atoms with E-state index in [2.05, 4.69) is 6.92 Å². The van der Waals surface area contributed by atoms with Gasteiger partial charge in [0, 0.05) is 5.56 Å². The molecule has 2 nitrogen and oxygen atoms in total. The third-order valence-electron chi connectivity index (χ3n) is 5.48. The Balaban J connectivity index is 2.21. The number of hydrogen-bond acceptors (Lipinski definition) is 1. The van der Waals surface area contributed by atoms with Crippen LogP contribution in [-0.4, -0.2) is 0 Å². The highest BCUT2D eigenvalue weighted by molar-refractivity contribution is 5.90. The Bertz CT molecular complexity index is 1130. The van der Waals surface area contributed by atoms with Crippen LogP contribution in [0.1, 0.15) is 49.8 Å². The molecule has 31 heavy (non-hydrogen) atoms. The van der Waals surface area contributed by atoms with E-state index < -0.39 is 23.2 Å². The van der Waals surface area contributed by atoms with Gasteiger partial charge in [-0.25, -0.2) is 8.78 Å². The van der Waals surface area contributed by atoms with Crippen molar-refractivity contribution in [3.63, 3.8) is 0 Å². The zero-order valence-electron chi connectivity index (χ0n) is 17.6. The molecule has 0 aliphatic rings. The van der Waals surface area contributed by atoms with Crippen molar-refractivity contribution < 1.29 is 18.3 Å². The number of unbranched alkanes of at least 4 members (excludes halogenated alkanes) is 2. The summed E-state index contributed by atoms with van der Waals surface area (Å²) >= 11 is 0. The molecule has 0 bridgehead atoms. The maximum atomic E-state index is 14.7. The molecule has 3 rings (SSSR count). The summed E-state index contributed by atoms with van der Waals surface area (Å²) in [5, 5.41) is 21.7. The second kappa shape index (κ2) is 9.70. The first kappa shape index (κ1) is 22.4. The van der Waals surface area contributed by atoms with E-state index in [-0.39, 0.29) is 34.2 Å². The molecule has 0 atom stereocenters. The van der Waals surface area contributed by atoms with E-state index >= 15 is 0 Å². The fourth-order valence-electron chi connectivity index (χ4n) is 3.82. The van der Waals surface area contributed by atoms with Gasteiger partial charge in [-0.2, -0.15) is 9.65 Å². The molecular formula is C26H23F3NO. The van der Waals surface area contributed by atoms with Gasteiger partial charge in [0.25, 0.3) is 0 Å². The van der Waals surface area contributed by atoms with Crippen molar-refractivity contribution in [2.24, 2.45) is 0 Å². The van der Waals surface area contributed by atoms with Gasteiger partial charge in [-0.15, -0.1) is 0 Å². The van der Waals surface area contributed by atoms with Crippen LogP contribution >= 0.6 is 0 Å². The van der Waals surface area contributed by atoms with Crippen LogP contribution < -0.4 is 0 Å². The van der Waals surface area contributed by atoms with Crippen molar-refractivity contribution in [1.29, 1.82) is 5.26 Å². The van der Waals surface area contributed by atoms with Crippen LogP contribution in [0.15, 0.2) is 42.5 Å². The summed E-state index contributed by atoms with van der Waals surface area (Å²) in [5.41, 5.74) is 1.83. The van der Waals surface area contributed by atoms with E-state index in [4.69, 9.17) is 5.26 Å². The Morgan fingerprint density at radius 3 is 2.13 bits per heavy atom. The SMILES string of the molecule is CCCCCc1ccc(-c2c(CC)c(F)c(F)c([O])c2-c2ccc(C#N)c(F)c2)cc1. The minimum absolute atomic E-state index is 0.0654. The Morgan fingerprint density at radius 1 is 0.871 bits per heavy atom. The number of nitriles is 1. The average molecular weight is 422 g/mol. The number of hydrogen-bond donors (Lipinski definition) is 0. The number of aryl methyl sites for hydroxylation is 1. The van der Waals surface area contributed by atoms with Gasteiger partial charge >= 0.3 is 0 Å². The van der Waals surface area contributed by atoms with Crippen molar-refractivity contribution in [2.45, 2.75) is 46.0 Å². The first-order chi connectivity index (χ1) is 14.9. The van der Waals surface area contributed by atoms with Crippen molar-refractivity contribution in [2.75, 3.05) is 0 Å². The summed E-state index contributed by atoms with van der Waals surface area (Å²) in [7, 11) is 0. The highest BCUT2D eigenvalue weighted by atomic mass is 19.2. The molecule has 0 saturated heterocycles. The maximum Gasteiger partial charge on any atom is 0.225 e. The minimum atomic E-state index is -1.48. The van der Waals surface area contributed by atoms with Crippen LogP contribution in [0.25, 0.3) is 22.3 Å². The van der Waals surface area contributed by atoms with Crippen molar-refractivity contribution in [3.05, 3.63) is 76.6 Å². The monoisotopic (exact) mass is 422 g/mol. The number of benzene rings is 3. The molecule has 3 aromatic carbocycles. The lowest BCUT2D eigenvalue weighted by atomic mass is 9.87. The van der Waals surface area contributed by atoms with E-state index in [1.165, 1.54) is 12.1 Å². The van der Waals surface area contributed by atoms with E-state index in [1.54, 1.807) is 25.1 Å². The van der Waals surface area contributed by atoms with Gasteiger partial charge in [-0.1, -0.05) is 57.0 Å². The summed E-state index contributed by atoms with van der Waals surface area (Å²) in [4.78, 5) is 0. The molecule has 0 saturated carbocycles. The maximum absolute atomic E-state index is 14.7. The molecule has 0 spiro atoms. The molecule has 1 radical (unpaired) electrons. The molecule has 159 valence electrons. The Kier molecular flexibility index (Phi) is 7.02. The number of rotatable bonds is 7. The molecule has 0 aliphatic heterocycles. The highest BCUT2D eigenvalue weighted by Gasteiger charge is 2.27. The predicted octanol–water partition coefficient (Wildman–Crippen LogP) is 7.75. The van der Waals surface area contributed by atoms with E-state index in [0.29, 0.717) is 5.56 Å². The summed E-state index contributed by atoms with van der Waals surface area (Å²) in [6, 6.07) is 12.8. The zero-order valence-corrected chi connectivity index (χ0v) is 17.6. The zero-order chi connectivity index (χ0) is 22.5. The molecule has 3 aromatic rings. The largest absolute Gasteiger partial charge is 0.286 e. The third kappa shape index (κ3) is 4.44. The molecule has 0 amide bonds. The normalized spacial score (nSPS) is 10.8. The van der Waals surface area contributed by atoms with Gasteiger partial charge in [0.2, 0.25) is 11.6 Å². The van der Waals surface area contributed by atoms with Gasteiger partial charge < -0.3 is 0 Å². The number of halogens is 3. The van der Waals surface area contributed by atoms with Crippen LogP contribution in [0.5, 0.6) is 5.75 Å². The molecule has 0 aliphatic carbocycles. The lowest BCUT2D eigenvalue weighted by molar-refractivity contribution is 0.321. The van der Waals surface area contributed by atoms with Crippen LogP contribution in [0.4, 0.5) is 13.2 Å². The van der Waals surface area contributed by atoms with E-state index in [0.717, 1.165) is 37.3 Å². The fourth-order valence-corrected chi connectivity index (χ4v) is 3.82. The van der Waals surface area contributed by atoms with Gasteiger partial charge in [-0.05, 0) is 59.2 Å². The predicted molar refractivity (Wildman–Crippen MR) is 115 cm³/mol. The topological polar surface area (TPSA) is 43.7 Å². The second-order valence-corrected chi connectivity index (χ2v) is 7.50. The number of nitrogens with zero attached hydrogens (tertiary/aromatic N) is 1. The molecular weight excluding hydrogens is 399 g/mol. The van der Waals surface area contributed by atoms with Gasteiger partial charge in [0.1, 0.15) is 11.9 Å². The molecule has 5 heteroatoms. The summed E-state index contributed by atoms with van der Waals surface area (Å²) in [5.74, 6) is -4.59. The Morgan fingerprint density at radius 2 is 1.55 bits per heavy atom. The average Bonchev–Trinajstić information content (AvgIpc) is 2.78. The Labute approximate surface area is 180 Å². The molecule has 0 N–H and O–H groups in total. The van der Waals surface area contributed by atoms with Crippen molar-refractivity contribution in [3.8, 4) is 34.1 Å². The molecule has 0 unspecified atom stereocenters. The first-order valence-electron chi connectivity index (χ1n) is 10.4. The highest BCUT2D eigenvalue weighted by Crippen LogP contribution is 2.45. The standard InChI is InChI=1S/C26H23F3NO/c1-3-5-6-7-16-8-10-17(11-9-16)22-20(4-2)24(28)25(29)26(31)23(22)18-12-13-19(15-30)21(27)14-18/h8-14H,3-7H2,1-2H3. The lowest BCUT2D eigenvalue weighted by Crippen LogP contribution is -2.02. The van der Waals surface area contributed by atoms with Gasteiger partial charge in [0.15, 0.2) is 5.82 Å². The van der Waals surface area contributed by atoms with Crippen LogP contribution in [0, 0.1) is 28.8 Å². The fraction of sp³-hybridized carbons (Fsp3) is 0.269. The molecule has 0 fully saturated rings. The Hall–Kier alpha value is -3.26. The van der Waals surface area contributed by atoms with Crippen LogP contribution in [0.3, 0.4) is 0 Å². The van der Waals surface area contributed by atoms with E-state index in [9.17, 15) is 18.3 Å². The molecule has 0 aromatic heterocycles. The second-order valence-electron chi connectivity index (χ2n) is 7.50. The van der Waals surface area contributed by atoms with Crippen LogP contribution in [0.2, 0.25) is 0 Å². The van der Waals surface area contributed by atoms with Crippen LogP contribution in [-0.2, 0) is 17.9 Å². The quantitative estimate of drug-likeness (QED) is 0.359. The van der Waals surface area contributed by atoms with E-state index in [1.807, 2.05) is 12.1 Å². The first-order valence-corrected chi connectivity index (χ1v) is 10.4. The summed E-state index contributed by atoms with van der Waals surface area (Å²) in [6.45, 7) is 3.81. The van der Waals surface area contributed by atoms with Gasteiger partial charge in [-0.3, -0.25) is 5.11 Å². The smallest absolute Gasteiger partial charge is 0.225 e. The minimum Gasteiger partial charge on any atom is -0.286 e. The van der Waals surface area contributed by atoms with Crippen molar-refractivity contribution >= 4 is 0 Å². The molecule has 0 heterocycles. The summed E-state index contributed by atoms with van der Waals surface area (Å²) in [6.07, 6.45) is 4.36. The van der Waals surface area contributed by atoms with Gasteiger partial charge in [0.05, 0.1) is 5.56 Å².